The summed E-state index contributed by atoms with van der Waals surface area (Å²) in [5.41, 5.74) is 1.75. The fraction of sp³-hybridized carbons (Fsp3) is 0.571. The van der Waals surface area contributed by atoms with E-state index >= 15 is 0 Å². The number of nitrogens with zero attached hydrogens (tertiary/aromatic N) is 1. The Morgan fingerprint density at radius 3 is 2.48 bits per heavy atom. The molecule has 2 aromatic rings. The molecule has 2 aliphatic carbocycles. The maximum Gasteiger partial charge on any atom is 0.123 e. The van der Waals surface area contributed by atoms with Crippen molar-refractivity contribution in [2.24, 2.45) is 5.92 Å². The molecule has 0 N–H and O–H groups in total. The van der Waals surface area contributed by atoms with E-state index in [-0.39, 0.29) is 35.2 Å². The highest BCUT2D eigenvalue weighted by atomic mass is 19.1. The molecule has 1 spiro atoms. The summed E-state index contributed by atoms with van der Waals surface area (Å²) < 4.78 is 40.7. The van der Waals surface area contributed by atoms with Crippen LogP contribution < -0.4 is 4.74 Å². The summed E-state index contributed by atoms with van der Waals surface area (Å²) in [4.78, 5) is 2.49. The van der Waals surface area contributed by atoms with Crippen LogP contribution in [0.3, 0.4) is 0 Å². The van der Waals surface area contributed by atoms with Crippen molar-refractivity contribution in [2.45, 2.75) is 75.5 Å². The van der Waals surface area contributed by atoms with Crippen LogP contribution in [-0.4, -0.2) is 42.8 Å². The Balaban J connectivity index is 1.44. The number of benzene rings is 2. The number of rotatable bonds is 7. The van der Waals surface area contributed by atoms with Crippen molar-refractivity contribution in [1.29, 1.82) is 0 Å². The molecule has 2 saturated carbocycles. The SMILES string of the molecule is CC(C)Oc1ccc(F)cc1[C@H]1CO[C@]2(CCC(CN(C)C3CC3)[C@H]2c2ccc(F)cc2)C1. The summed E-state index contributed by atoms with van der Waals surface area (Å²) in [6.07, 6.45) is 5.48. The zero-order valence-electron chi connectivity index (χ0n) is 19.9. The molecule has 0 aromatic heterocycles. The third-order valence-corrected chi connectivity index (χ3v) is 7.84. The van der Waals surface area contributed by atoms with Gasteiger partial charge in [0.1, 0.15) is 17.4 Å². The Hall–Kier alpha value is -1.98. The molecule has 1 unspecified atom stereocenters. The van der Waals surface area contributed by atoms with Crippen LogP contribution in [0.1, 0.15) is 68.9 Å². The Morgan fingerprint density at radius 2 is 1.79 bits per heavy atom. The monoisotopic (exact) mass is 455 g/mol. The molecule has 4 atom stereocenters. The minimum atomic E-state index is -0.307. The van der Waals surface area contributed by atoms with E-state index in [1.165, 1.54) is 18.9 Å². The molecule has 1 saturated heterocycles. The lowest BCUT2D eigenvalue weighted by Crippen LogP contribution is -2.37. The van der Waals surface area contributed by atoms with Crippen LogP contribution in [0.2, 0.25) is 0 Å². The van der Waals surface area contributed by atoms with Gasteiger partial charge in [-0.25, -0.2) is 8.78 Å². The van der Waals surface area contributed by atoms with E-state index in [1.54, 1.807) is 24.3 Å². The van der Waals surface area contributed by atoms with E-state index in [9.17, 15) is 8.78 Å². The van der Waals surface area contributed by atoms with E-state index in [0.717, 1.165) is 42.7 Å². The van der Waals surface area contributed by atoms with E-state index in [0.29, 0.717) is 18.6 Å². The first kappa shape index (κ1) is 22.8. The van der Waals surface area contributed by atoms with E-state index in [1.807, 2.05) is 26.0 Å². The Labute approximate surface area is 196 Å². The lowest BCUT2D eigenvalue weighted by molar-refractivity contribution is -0.0107. The first-order chi connectivity index (χ1) is 15.8. The van der Waals surface area contributed by atoms with E-state index in [4.69, 9.17) is 9.47 Å². The first-order valence-electron chi connectivity index (χ1n) is 12.4. The second kappa shape index (κ2) is 8.99. The molecule has 5 heteroatoms. The van der Waals surface area contributed by atoms with Crippen molar-refractivity contribution < 1.29 is 18.3 Å². The minimum absolute atomic E-state index is 0.0197. The maximum atomic E-state index is 14.2. The predicted octanol–water partition coefficient (Wildman–Crippen LogP) is 6.28. The zero-order valence-corrected chi connectivity index (χ0v) is 19.9. The van der Waals surface area contributed by atoms with Crippen LogP contribution in [0.25, 0.3) is 0 Å². The first-order valence-corrected chi connectivity index (χ1v) is 12.4. The average molecular weight is 456 g/mol. The molecule has 178 valence electrons. The maximum absolute atomic E-state index is 14.2. The van der Waals surface area contributed by atoms with Crippen LogP contribution in [0.4, 0.5) is 8.78 Å². The molecule has 3 aliphatic rings. The van der Waals surface area contributed by atoms with Gasteiger partial charge in [0.05, 0.1) is 18.3 Å². The highest BCUT2D eigenvalue weighted by molar-refractivity contribution is 5.39. The van der Waals surface area contributed by atoms with Crippen LogP contribution >= 0.6 is 0 Å². The molecule has 0 amide bonds. The van der Waals surface area contributed by atoms with Gasteiger partial charge in [-0.15, -0.1) is 0 Å². The number of hydrogen-bond donors (Lipinski definition) is 0. The Kier molecular flexibility index (Phi) is 6.21. The van der Waals surface area contributed by atoms with Gasteiger partial charge in [0, 0.05) is 30.0 Å². The summed E-state index contributed by atoms with van der Waals surface area (Å²) >= 11 is 0. The fourth-order valence-corrected chi connectivity index (χ4v) is 6.25. The molecule has 1 aliphatic heterocycles. The van der Waals surface area contributed by atoms with Gasteiger partial charge >= 0.3 is 0 Å². The highest BCUT2D eigenvalue weighted by Crippen LogP contribution is 2.57. The van der Waals surface area contributed by atoms with E-state index < -0.39 is 0 Å². The number of halogens is 2. The van der Waals surface area contributed by atoms with Crippen molar-refractivity contribution in [2.75, 3.05) is 20.2 Å². The molecule has 2 aromatic carbocycles. The molecule has 0 bridgehead atoms. The normalized spacial score (nSPS) is 29.5. The topological polar surface area (TPSA) is 21.7 Å². The lowest BCUT2D eigenvalue weighted by atomic mass is 9.76. The zero-order chi connectivity index (χ0) is 23.2. The molecule has 1 heterocycles. The summed E-state index contributed by atoms with van der Waals surface area (Å²) in [5.74, 6) is 1.03. The lowest BCUT2D eigenvalue weighted by Gasteiger charge is -2.35. The molecule has 3 fully saturated rings. The molecule has 5 rings (SSSR count). The standard InChI is InChI=1S/C28H35F2NO2/c1-18(2)33-26-11-8-23(30)14-25(26)21-15-28(32-17-21)13-12-20(16-31(3)24-9-10-24)27(28)19-4-6-22(29)7-5-19/h4-8,11,14,18,20-21,24,27H,9-10,12-13,15-17H2,1-3H3/t20?,21-,27-,28-/m1/s1. The largest absolute Gasteiger partial charge is 0.491 e. The summed E-state index contributed by atoms with van der Waals surface area (Å²) in [7, 11) is 2.23. The Morgan fingerprint density at radius 1 is 1.06 bits per heavy atom. The minimum Gasteiger partial charge on any atom is -0.491 e. The summed E-state index contributed by atoms with van der Waals surface area (Å²) in [5, 5.41) is 0. The summed E-state index contributed by atoms with van der Waals surface area (Å²) in [6, 6.07) is 12.5. The van der Waals surface area contributed by atoms with Crippen molar-refractivity contribution >= 4 is 0 Å². The molecule has 3 nitrogen and oxygen atoms in total. The van der Waals surface area contributed by atoms with Crippen molar-refractivity contribution in [3.05, 3.63) is 65.2 Å². The van der Waals surface area contributed by atoms with Gasteiger partial charge in [-0.1, -0.05) is 12.1 Å². The summed E-state index contributed by atoms with van der Waals surface area (Å²) in [6.45, 7) is 5.56. The molecule has 0 radical (unpaired) electrons. The van der Waals surface area contributed by atoms with E-state index in [2.05, 4.69) is 11.9 Å². The van der Waals surface area contributed by atoms with Crippen molar-refractivity contribution in [1.82, 2.24) is 4.90 Å². The second-order valence-electron chi connectivity index (χ2n) is 10.6. The Bertz CT molecular complexity index is 974. The van der Waals surface area contributed by atoms with Crippen LogP contribution in [0.5, 0.6) is 5.75 Å². The van der Waals surface area contributed by atoms with Crippen LogP contribution in [-0.2, 0) is 4.74 Å². The van der Waals surface area contributed by atoms with Gasteiger partial charge in [-0.2, -0.15) is 0 Å². The predicted molar refractivity (Wildman–Crippen MR) is 126 cm³/mol. The quantitative estimate of drug-likeness (QED) is 0.490. The molecular weight excluding hydrogens is 420 g/mol. The average Bonchev–Trinajstić information content (AvgIpc) is 3.47. The highest BCUT2D eigenvalue weighted by Gasteiger charge is 2.54. The van der Waals surface area contributed by atoms with Gasteiger partial charge in [-0.3, -0.25) is 0 Å². The number of hydrogen-bond acceptors (Lipinski definition) is 3. The van der Waals surface area contributed by atoms with Gasteiger partial charge < -0.3 is 14.4 Å². The fourth-order valence-electron chi connectivity index (χ4n) is 6.25. The van der Waals surface area contributed by atoms with Crippen molar-refractivity contribution in [3.8, 4) is 5.75 Å². The second-order valence-corrected chi connectivity index (χ2v) is 10.6. The smallest absolute Gasteiger partial charge is 0.123 e. The van der Waals surface area contributed by atoms with Gasteiger partial charge in [0.15, 0.2) is 0 Å². The van der Waals surface area contributed by atoms with Gasteiger partial charge in [0.2, 0.25) is 0 Å². The molecule has 33 heavy (non-hydrogen) atoms. The van der Waals surface area contributed by atoms with Crippen LogP contribution in [0, 0.1) is 17.6 Å². The van der Waals surface area contributed by atoms with Gasteiger partial charge in [-0.05, 0) is 94.8 Å². The number of ether oxygens (including phenoxy) is 2. The van der Waals surface area contributed by atoms with Crippen LogP contribution in [0.15, 0.2) is 42.5 Å². The van der Waals surface area contributed by atoms with Crippen molar-refractivity contribution in [3.63, 3.8) is 0 Å². The molecular formula is C28H35F2NO2. The van der Waals surface area contributed by atoms with Gasteiger partial charge in [0.25, 0.3) is 0 Å². The third kappa shape index (κ3) is 4.67. The third-order valence-electron chi connectivity index (χ3n) is 7.84.